The van der Waals surface area contributed by atoms with Gasteiger partial charge in [-0.25, -0.2) is 0 Å². The maximum atomic E-state index is 11.7. The second-order valence-corrected chi connectivity index (χ2v) is 4.15. The molecule has 1 atom stereocenters. The lowest BCUT2D eigenvalue weighted by atomic mass is 10.1. The van der Waals surface area contributed by atoms with Crippen LogP contribution in [0.1, 0.15) is 27.2 Å². The van der Waals surface area contributed by atoms with Crippen molar-refractivity contribution in [3.8, 4) is 0 Å². The van der Waals surface area contributed by atoms with Gasteiger partial charge in [-0.05, 0) is 19.3 Å². The van der Waals surface area contributed by atoms with Crippen molar-refractivity contribution in [1.82, 2.24) is 5.32 Å². The van der Waals surface area contributed by atoms with Crippen LogP contribution in [0.2, 0.25) is 0 Å². The highest BCUT2D eigenvalue weighted by Gasteiger charge is 2.26. The molecule has 0 saturated carbocycles. The third-order valence-electron chi connectivity index (χ3n) is 1.73. The van der Waals surface area contributed by atoms with E-state index in [1.807, 2.05) is 19.2 Å². The Hall–Kier alpha value is -0.780. The third kappa shape index (κ3) is 9.76. The van der Waals surface area contributed by atoms with Gasteiger partial charge in [-0.1, -0.05) is 13.8 Å². The molecular weight excluding hydrogens is 223 g/mol. The van der Waals surface area contributed by atoms with Crippen molar-refractivity contribution >= 4 is 5.97 Å². The van der Waals surface area contributed by atoms with Crippen molar-refractivity contribution in [2.24, 2.45) is 5.92 Å². The summed E-state index contributed by atoms with van der Waals surface area (Å²) in [6.45, 7) is 4.09. The molecule has 0 aromatic carbocycles. The Balaban J connectivity index is 3.66. The van der Waals surface area contributed by atoms with Crippen LogP contribution in [-0.4, -0.2) is 31.3 Å². The minimum Gasteiger partial charge on any atom is -0.462 e. The molecule has 0 spiro atoms. The summed E-state index contributed by atoms with van der Waals surface area (Å²) in [6.07, 6.45) is -3.87. The molecule has 0 amide bonds. The van der Waals surface area contributed by atoms with Crippen molar-refractivity contribution in [1.29, 1.82) is 0 Å². The average molecular weight is 241 g/mol. The number of rotatable bonds is 6. The van der Waals surface area contributed by atoms with Crippen LogP contribution in [0.25, 0.3) is 0 Å². The fourth-order valence-electron chi connectivity index (χ4n) is 1.28. The fraction of sp³-hybridized carbons (Fsp3) is 0.900. The number of nitrogens with one attached hydrogen (secondary N) is 1. The lowest BCUT2D eigenvalue weighted by Gasteiger charge is -2.15. The Kier molecular flexibility index (Phi) is 6.40. The van der Waals surface area contributed by atoms with Gasteiger partial charge in [0.15, 0.2) is 0 Å². The maximum Gasteiger partial charge on any atom is 0.401 e. The van der Waals surface area contributed by atoms with Crippen LogP contribution < -0.4 is 5.32 Å². The monoisotopic (exact) mass is 241 g/mol. The van der Waals surface area contributed by atoms with Crippen molar-refractivity contribution in [2.45, 2.75) is 39.5 Å². The van der Waals surface area contributed by atoms with Crippen molar-refractivity contribution < 1.29 is 22.7 Å². The highest BCUT2D eigenvalue weighted by atomic mass is 19.4. The number of carbonyl (C=O) groups excluding carboxylic acids is 1. The molecule has 0 rings (SSSR count). The highest BCUT2D eigenvalue weighted by molar-refractivity contribution is 5.71. The zero-order valence-electron chi connectivity index (χ0n) is 9.73. The number of halogens is 3. The van der Waals surface area contributed by atoms with Gasteiger partial charge in [0.25, 0.3) is 0 Å². The molecular formula is C10H18F3NO2. The number of alkyl halides is 3. The Labute approximate surface area is 93.3 Å². The van der Waals surface area contributed by atoms with E-state index in [4.69, 9.17) is 4.74 Å². The van der Waals surface area contributed by atoms with E-state index in [-0.39, 0.29) is 6.10 Å². The van der Waals surface area contributed by atoms with Crippen LogP contribution in [-0.2, 0) is 9.53 Å². The molecule has 0 aromatic rings. The van der Waals surface area contributed by atoms with Gasteiger partial charge in [0.1, 0.15) is 0 Å². The summed E-state index contributed by atoms with van der Waals surface area (Å²) in [7, 11) is 0. The van der Waals surface area contributed by atoms with Crippen molar-refractivity contribution in [2.75, 3.05) is 13.1 Å². The van der Waals surface area contributed by atoms with Gasteiger partial charge in [-0.15, -0.1) is 0 Å². The minimum absolute atomic E-state index is 0.264. The first-order chi connectivity index (χ1) is 7.20. The first-order valence-electron chi connectivity index (χ1n) is 5.17. The van der Waals surface area contributed by atoms with Gasteiger partial charge < -0.3 is 4.74 Å². The van der Waals surface area contributed by atoms with Crippen LogP contribution in [0.5, 0.6) is 0 Å². The summed E-state index contributed by atoms with van der Waals surface area (Å²) in [5, 5.41) is 1.98. The van der Waals surface area contributed by atoms with Crippen molar-refractivity contribution in [3.63, 3.8) is 0 Å². The van der Waals surface area contributed by atoms with Gasteiger partial charge in [0.2, 0.25) is 0 Å². The summed E-state index contributed by atoms with van der Waals surface area (Å²) in [6, 6.07) is 0. The zero-order chi connectivity index (χ0) is 12.8. The van der Waals surface area contributed by atoms with E-state index in [1.54, 1.807) is 6.92 Å². The van der Waals surface area contributed by atoms with Crippen LogP contribution in [0, 0.1) is 5.92 Å². The van der Waals surface area contributed by atoms with E-state index in [1.165, 1.54) is 0 Å². The average Bonchev–Trinajstić information content (AvgIpc) is 1.98. The number of carbonyl (C=O) groups is 1. The molecule has 3 nitrogen and oxygen atoms in total. The molecule has 0 saturated heterocycles. The summed E-state index contributed by atoms with van der Waals surface area (Å²) >= 11 is 0. The Morgan fingerprint density at radius 3 is 2.31 bits per heavy atom. The summed E-state index contributed by atoms with van der Waals surface area (Å²) in [5.74, 6) is -0.275. The van der Waals surface area contributed by atoms with E-state index in [2.05, 4.69) is 0 Å². The molecule has 0 aromatic heterocycles. The lowest BCUT2D eigenvalue weighted by molar-refractivity contribution is -0.149. The number of hydrogen-bond acceptors (Lipinski definition) is 3. The molecule has 0 bridgehead atoms. The van der Waals surface area contributed by atoms with E-state index < -0.39 is 25.2 Å². The van der Waals surface area contributed by atoms with Gasteiger partial charge in [0.05, 0.1) is 19.2 Å². The SMILES string of the molecule is CC(C)CC(C)OC(=O)CNCC(F)(F)F. The number of ether oxygens (including phenoxy) is 1. The van der Waals surface area contributed by atoms with Gasteiger partial charge in [0, 0.05) is 0 Å². The molecule has 6 heteroatoms. The van der Waals surface area contributed by atoms with Gasteiger partial charge in [-0.3, -0.25) is 10.1 Å². The molecule has 16 heavy (non-hydrogen) atoms. The summed E-state index contributed by atoms with van der Waals surface area (Å²) in [5.41, 5.74) is 0. The minimum atomic E-state index is -4.30. The molecule has 0 aliphatic heterocycles. The van der Waals surface area contributed by atoms with Gasteiger partial charge >= 0.3 is 12.1 Å². The Bertz CT molecular complexity index is 217. The fourth-order valence-corrected chi connectivity index (χ4v) is 1.28. The summed E-state index contributed by atoms with van der Waals surface area (Å²) in [4.78, 5) is 11.1. The van der Waals surface area contributed by atoms with E-state index in [9.17, 15) is 18.0 Å². The number of esters is 1. The Morgan fingerprint density at radius 1 is 1.31 bits per heavy atom. The largest absolute Gasteiger partial charge is 0.462 e. The van der Waals surface area contributed by atoms with Gasteiger partial charge in [-0.2, -0.15) is 13.2 Å². The van der Waals surface area contributed by atoms with E-state index in [0.717, 1.165) is 0 Å². The van der Waals surface area contributed by atoms with Crippen LogP contribution in [0.3, 0.4) is 0 Å². The molecule has 1 N–H and O–H groups in total. The normalized spacial score (nSPS) is 13.9. The molecule has 0 aliphatic carbocycles. The predicted octanol–water partition coefficient (Wildman–Crippen LogP) is 2.12. The number of hydrogen-bond donors (Lipinski definition) is 1. The third-order valence-corrected chi connectivity index (χ3v) is 1.73. The molecule has 0 heterocycles. The standard InChI is InChI=1S/C10H18F3NO2/c1-7(2)4-8(3)16-9(15)5-14-6-10(11,12)13/h7-8,14H,4-6H2,1-3H3. The molecule has 0 radical (unpaired) electrons. The maximum absolute atomic E-state index is 11.7. The Morgan fingerprint density at radius 2 is 1.88 bits per heavy atom. The zero-order valence-corrected chi connectivity index (χ0v) is 9.73. The van der Waals surface area contributed by atoms with Crippen LogP contribution >= 0.6 is 0 Å². The quantitative estimate of drug-likeness (QED) is 0.724. The predicted molar refractivity (Wildman–Crippen MR) is 53.9 cm³/mol. The molecule has 96 valence electrons. The second-order valence-electron chi connectivity index (χ2n) is 4.15. The topological polar surface area (TPSA) is 38.3 Å². The van der Waals surface area contributed by atoms with Crippen molar-refractivity contribution in [3.05, 3.63) is 0 Å². The first kappa shape index (κ1) is 15.2. The molecule has 0 aliphatic rings. The first-order valence-corrected chi connectivity index (χ1v) is 5.17. The summed E-state index contributed by atoms with van der Waals surface area (Å²) < 4.78 is 40.1. The molecule has 0 fully saturated rings. The van der Waals surface area contributed by atoms with E-state index >= 15 is 0 Å². The van der Waals surface area contributed by atoms with E-state index in [0.29, 0.717) is 12.3 Å². The lowest BCUT2D eigenvalue weighted by Crippen LogP contribution is -2.34. The second kappa shape index (κ2) is 6.73. The van der Waals surface area contributed by atoms with Crippen LogP contribution in [0.4, 0.5) is 13.2 Å². The van der Waals surface area contributed by atoms with Crippen LogP contribution in [0.15, 0.2) is 0 Å². The smallest absolute Gasteiger partial charge is 0.401 e. The molecule has 1 unspecified atom stereocenters. The highest BCUT2D eigenvalue weighted by Crippen LogP contribution is 2.12.